The van der Waals surface area contributed by atoms with Gasteiger partial charge >= 0.3 is 5.97 Å². The molecule has 0 saturated heterocycles. The zero-order chi connectivity index (χ0) is 14.0. The number of ether oxygens (including phenoxy) is 1. The summed E-state index contributed by atoms with van der Waals surface area (Å²) in [6, 6.07) is 7.09. The van der Waals surface area contributed by atoms with Gasteiger partial charge in [-0.25, -0.2) is 9.48 Å². The molecule has 0 unspecified atom stereocenters. The molecule has 0 bridgehead atoms. The topological polar surface area (TPSA) is 90.4 Å². The number of rotatable bonds is 4. The molecule has 0 amide bonds. The third kappa shape index (κ3) is 2.37. The van der Waals surface area contributed by atoms with E-state index < -0.39 is 5.97 Å². The zero-order valence-electron chi connectivity index (χ0n) is 10.5. The molecule has 7 heteroatoms. The van der Waals surface area contributed by atoms with E-state index in [9.17, 15) is 4.79 Å². The molecular formula is C12H13N3O3S. The molecule has 2 aromatic rings. The number of hydrogen-bond donors (Lipinski definition) is 2. The van der Waals surface area contributed by atoms with E-state index in [1.165, 1.54) is 16.4 Å². The van der Waals surface area contributed by atoms with Crippen LogP contribution in [0.15, 0.2) is 29.3 Å². The molecule has 1 aromatic carbocycles. The van der Waals surface area contributed by atoms with Crippen LogP contribution >= 0.6 is 11.8 Å². The molecule has 6 nitrogen and oxygen atoms in total. The maximum atomic E-state index is 11.2. The molecule has 0 spiro atoms. The highest BCUT2D eigenvalue weighted by molar-refractivity contribution is 7.98. The number of carboxylic acid groups (broad SMARTS) is 1. The normalized spacial score (nSPS) is 10.4. The first-order chi connectivity index (χ1) is 9.08. The average molecular weight is 279 g/mol. The summed E-state index contributed by atoms with van der Waals surface area (Å²) in [6.45, 7) is 0. The van der Waals surface area contributed by atoms with Crippen molar-refractivity contribution in [1.82, 2.24) is 9.78 Å². The highest BCUT2D eigenvalue weighted by Crippen LogP contribution is 2.28. The zero-order valence-corrected chi connectivity index (χ0v) is 11.3. The lowest BCUT2D eigenvalue weighted by molar-refractivity contribution is 0.0694. The van der Waals surface area contributed by atoms with Crippen molar-refractivity contribution in [2.45, 2.75) is 5.03 Å². The summed E-state index contributed by atoms with van der Waals surface area (Å²) in [5.41, 5.74) is 6.55. The summed E-state index contributed by atoms with van der Waals surface area (Å²) < 4.78 is 6.52. The summed E-state index contributed by atoms with van der Waals surface area (Å²) in [7, 11) is 1.56. The molecule has 100 valence electrons. The van der Waals surface area contributed by atoms with Gasteiger partial charge in [0.15, 0.2) is 0 Å². The molecule has 0 aliphatic rings. The molecule has 0 radical (unpaired) electrons. The number of carboxylic acids is 1. The van der Waals surface area contributed by atoms with E-state index in [4.69, 9.17) is 15.6 Å². The molecule has 19 heavy (non-hydrogen) atoms. The first-order valence-corrected chi connectivity index (χ1v) is 6.61. The molecule has 0 saturated carbocycles. The van der Waals surface area contributed by atoms with Crippen LogP contribution in [0.1, 0.15) is 10.4 Å². The monoisotopic (exact) mass is 279 g/mol. The number of methoxy groups -OCH3 is 1. The Morgan fingerprint density at radius 2 is 2.26 bits per heavy atom. The lowest BCUT2D eigenvalue weighted by Gasteiger charge is -2.06. The van der Waals surface area contributed by atoms with Gasteiger partial charge in [-0.1, -0.05) is 6.07 Å². The first kappa shape index (κ1) is 13.3. The summed E-state index contributed by atoms with van der Waals surface area (Å²) in [6.07, 6.45) is 1.75. The Balaban J connectivity index is 2.59. The van der Waals surface area contributed by atoms with Crippen molar-refractivity contribution < 1.29 is 14.6 Å². The number of benzene rings is 1. The Bertz CT molecular complexity index is 625. The van der Waals surface area contributed by atoms with Crippen LogP contribution in [0.2, 0.25) is 0 Å². The lowest BCUT2D eigenvalue weighted by atomic mass is 10.3. The molecule has 3 N–H and O–H groups in total. The number of carbonyl (C=O) groups is 1. The van der Waals surface area contributed by atoms with Gasteiger partial charge in [0, 0.05) is 6.07 Å². The second kappa shape index (κ2) is 5.23. The van der Waals surface area contributed by atoms with Crippen LogP contribution in [0.5, 0.6) is 5.75 Å². The third-order valence-corrected chi connectivity index (χ3v) is 3.27. The minimum atomic E-state index is -1.09. The molecule has 1 aromatic heterocycles. The van der Waals surface area contributed by atoms with Gasteiger partial charge < -0.3 is 15.6 Å². The van der Waals surface area contributed by atoms with Gasteiger partial charge in [0.2, 0.25) is 0 Å². The fraction of sp³-hybridized carbons (Fsp3) is 0.167. The van der Waals surface area contributed by atoms with Crippen molar-refractivity contribution in [3.05, 3.63) is 29.8 Å². The predicted octanol–water partition coefficient (Wildman–Crippen LogP) is 1.88. The molecular weight excluding hydrogens is 266 g/mol. The van der Waals surface area contributed by atoms with Crippen molar-refractivity contribution in [3.8, 4) is 11.4 Å². The molecule has 0 aliphatic carbocycles. The first-order valence-electron chi connectivity index (χ1n) is 5.38. The summed E-state index contributed by atoms with van der Waals surface area (Å²) in [5, 5.41) is 13.8. The highest BCUT2D eigenvalue weighted by Gasteiger charge is 2.21. The SMILES string of the molecule is COc1cccc(-n2nc(SC)c(C(=O)O)c2N)c1. The number of hydrogen-bond acceptors (Lipinski definition) is 5. The molecule has 0 fully saturated rings. The van der Waals surface area contributed by atoms with E-state index in [0.29, 0.717) is 16.5 Å². The summed E-state index contributed by atoms with van der Waals surface area (Å²) in [5.74, 6) is -0.337. The number of nitrogens with two attached hydrogens (primary N) is 1. The van der Waals surface area contributed by atoms with Crippen molar-refractivity contribution in [1.29, 1.82) is 0 Å². The van der Waals surface area contributed by atoms with E-state index in [2.05, 4.69) is 5.10 Å². The predicted molar refractivity (Wildman–Crippen MR) is 73.3 cm³/mol. The van der Waals surface area contributed by atoms with Gasteiger partial charge in [-0.05, 0) is 18.4 Å². The largest absolute Gasteiger partial charge is 0.497 e. The van der Waals surface area contributed by atoms with Gasteiger partial charge in [0.1, 0.15) is 22.2 Å². The van der Waals surface area contributed by atoms with E-state index in [1.54, 1.807) is 37.6 Å². The fourth-order valence-electron chi connectivity index (χ4n) is 1.69. The maximum absolute atomic E-state index is 11.2. The lowest BCUT2D eigenvalue weighted by Crippen LogP contribution is -2.05. The smallest absolute Gasteiger partial charge is 0.342 e. The quantitative estimate of drug-likeness (QED) is 0.830. The Hall–Kier alpha value is -2.15. The van der Waals surface area contributed by atoms with Crippen LogP contribution in [-0.2, 0) is 0 Å². The number of anilines is 1. The Kier molecular flexibility index (Phi) is 3.66. The van der Waals surface area contributed by atoms with Crippen LogP contribution in [0.25, 0.3) is 5.69 Å². The van der Waals surface area contributed by atoms with Crippen LogP contribution in [0.3, 0.4) is 0 Å². The maximum Gasteiger partial charge on any atom is 0.342 e. The van der Waals surface area contributed by atoms with Crippen LogP contribution in [0.4, 0.5) is 5.82 Å². The van der Waals surface area contributed by atoms with Gasteiger partial charge in [-0.3, -0.25) is 0 Å². The second-order valence-electron chi connectivity index (χ2n) is 3.69. The Labute approximate surface area is 114 Å². The summed E-state index contributed by atoms with van der Waals surface area (Å²) in [4.78, 5) is 11.2. The van der Waals surface area contributed by atoms with E-state index in [-0.39, 0.29) is 11.4 Å². The Morgan fingerprint density at radius 3 is 2.79 bits per heavy atom. The molecule has 1 heterocycles. The average Bonchev–Trinajstić information content (AvgIpc) is 2.75. The molecule has 0 aliphatic heterocycles. The van der Waals surface area contributed by atoms with Crippen molar-refractivity contribution in [2.24, 2.45) is 0 Å². The fourth-order valence-corrected chi connectivity index (χ4v) is 2.25. The number of nitrogen functional groups attached to an aromatic ring is 1. The van der Waals surface area contributed by atoms with E-state index >= 15 is 0 Å². The third-order valence-electron chi connectivity index (χ3n) is 2.59. The summed E-state index contributed by atoms with van der Waals surface area (Å²) >= 11 is 1.24. The van der Waals surface area contributed by atoms with Crippen LogP contribution < -0.4 is 10.5 Å². The van der Waals surface area contributed by atoms with Crippen molar-refractivity contribution >= 4 is 23.5 Å². The molecule has 2 rings (SSSR count). The standard InChI is InChI=1S/C12H13N3O3S/c1-18-8-5-3-4-7(6-8)15-10(13)9(12(16)17)11(14-15)19-2/h3-6H,13H2,1-2H3,(H,16,17). The van der Waals surface area contributed by atoms with Crippen LogP contribution in [0, 0.1) is 0 Å². The Morgan fingerprint density at radius 1 is 1.53 bits per heavy atom. The van der Waals surface area contributed by atoms with Crippen LogP contribution in [-0.4, -0.2) is 34.2 Å². The minimum absolute atomic E-state index is 0.0234. The van der Waals surface area contributed by atoms with Gasteiger partial charge in [0.25, 0.3) is 0 Å². The number of nitrogens with zero attached hydrogens (tertiary/aromatic N) is 2. The molecule has 0 atom stereocenters. The van der Waals surface area contributed by atoms with Crippen molar-refractivity contribution in [3.63, 3.8) is 0 Å². The number of thioether (sulfide) groups is 1. The van der Waals surface area contributed by atoms with Gasteiger partial charge in [0.05, 0.1) is 12.8 Å². The highest BCUT2D eigenvalue weighted by atomic mass is 32.2. The second-order valence-corrected chi connectivity index (χ2v) is 4.48. The number of aromatic nitrogens is 2. The number of aromatic carboxylic acids is 1. The van der Waals surface area contributed by atoms with Crippen molar-refractivity contribution in [2.75, 3.05) is 19.1 Å². The van der Waals surface area contributed by atoms with Gasteiger partial charge in [-0.2, -0.15) is 5.10 Å². The minimum Gasteiger partial charge on any atom is -0.497 e. The van der Waals surface area contributed by atoms with E-state index in [0.717, 1.165) is 0 Å². The van der Waals surface area contributed by atoms with E-state index in [1.807, 2.05) is 0 Å². The van der Waals surface area contributed by atoms with Gasteiger partial charge in [-0.15, -0.1) is 11.8 Å².